The van der Waals surface area contributed by atoms with Gasteiger partial charge in [-0.15, -0.1) is 0 Å². The second kappa shape index (κ2) is 9.47. The SMILES string of the molecule is COC(=O)c1ccc(CNC(=O)C2/C(=C/c3cc(OC)cc(OC)c3)C3CCC2C3)cc1. The first-order chi connectivity index (χ1) is 15.5. The predicted octanol–water partition coefficient (Wildman–Crippen LogP) is 4.24. The van der Waals surface area contributed by atoms with E-state index in [1.54, 1.807) is 26.4 Å². The van der Waals surface area contributed by atoms with Crippen molar-refractivity contribution >= 4 is 18.0 Å². The smallest absolute Gasteiger partial charge is 0.337 e. The van der Waals surface area contributed by atoms with Crippen LogP contribution in [-0.4, -0.2) is 33.2 Å². The highest BCUT2D eigenvalue weighted by atomic mass is 16.5. The van der Waals surface area contributed by atoms with Gasteiger partial charge < -0.3 is 19.5 Å². The van der Waals surface area contributed by atoms with Crippen molar-refractivity contribution in [1.82, 2.24) is 5.32 Å². The van der Waals surface area contributed by atoms with E-state index in [-0.39, 0.29) is 17.8 Å². The number of nitrogens with one attached hydrogen (secondary N) is 1. The van der Waals surface area contributed by atoms with Crippen LogP contribution in [0.5, 0.6) is 11.5 Å². The third-order valence-corrected chi connectivity index (χ3v) is 6.61. The molecule has 2 aliphatic carbocycles. The van der Waals surface area contributed by atoms with Gasteiger partial charge in [-0.1, -0.05) is 23.8 Å². The fraction of sp³-hybridized carbons (Fsp3) is 0.385. The van der Waals surface area contributed by atoms with E-state index in [1.807, 2.05) is 30.3 Å². The Hall–Kier alpha value is -3.28. The van der Waals surface area contributed by atoms with Crippen LogP contribution in [-0.2, 0) is 16.1 Å². The summed E-state index contributed by atoms with van der Waals surface area (Å²) in [5, 5.41) is 3.10. The van der Waals surface area contributed by atoms with Gasteiger partial charge >= 0.3 is 5.97 Å². The van der Waals surface area contributed by atoms with E-state index in [9.17, 15) is 9.59 Å². The molecule has 4 rings (SSSR count). The predicted molar refractivity (Wildman–Crippen MR) is 121 cm³/mol. The summed E-state index contributed by atoms with van der Waals surface area (Å²) < 4.78 is 15.5. The second-order valence-corrected chi connectivity index (χ2v) is 8.44. The number of carbonyl (C=O) groups excluding carboxylic acids is 2. The maximum absolute atomic E-state index is 13.2. The van der Waals surface area contributed by atoms with Crippen molar-refractivity contribution in [3.63, 3.8) is 0 Å². The van der Waals surface area contributed by atoms with Gasteiger partial charge in [0.05, 0.1) is 32.8 Å². The molecule has 3 atom stereocenters. The summed E-state index contributed by atoms with van der Waals surface area (Å²) >= 11 is 0. The zero-order valence-corrected chi connectivity index (χ0v) is 18.7. The van der Waals surface area contributed by atoms with E-state index in [2.05, 4.69) is 11.4 Å². The quantitative estimate of drug-likeness (QED) is 0.659. The van der Waals surface area contributed by atoms with Crippen molar-refractivity contribution in [3.05, 3.63) is 64.7 Å². The van der Waals surface area contributed by atoms with E-state index >= 15 is 0 Å². The molecular weight excluding hydrogens is 406 g/mol. The van der Waals surface area contributed by atoms with Crippen LogP contribution in [0.3, 0.4) is 0 Å². The Kier molecular flexibility index (Phi) is 6.49. The molecule has 6 heteroatoms. The topological polar surface area (TPSA) is 73.9 Å². The van der Waals surface area contributed by atoms with Crippen molar-refractivity contribution < 1.29 is 23.8 Å². The van der Waals surface area contributed by atoms with E-state index in [0.717, 1.165) is 41.9 Å². The molecule has 2 aliphatic rings. The number of hydrogen-bond acceptors (Lipinski definition) is 5. The molecule has 32 heavy (non-hydrogen) atoms. The molecule has 168 valence electrons. The lowest BCUT2D eigenvalue weighted by Gasteiger charge is -2.24. The van der Waals surface area contributed by atoms with Gasteiger partial charge in [0, 0.05) is 12.6 Å². The summed E-state index contributed by atoms with van der Waals surface area (Å²) in [4.78, 5) is 24.8. The van der Waals surface area contributed by atoms with E-state index in [1.165, 1.54) is 12.7 Å². The van der Waals surface area contributed by atoms with E-state index in [4.69, 9.17) is 14.2 Å². The number of methoxy groups -OCH3 is 3. The molecule has 2 aromatic rings. The average molecular weight is 436 g/mol. The van der Waals surface area contributed by atoms with Gasteiger partial charge in [-0.3, -0.25) is 4.79 Å². The Morgan fingerprint density at radius 2 is 1.69 bits per heavy atom. The monoisotopic (exact) mass is 435 g/mol. The lowest BCUT2D eigenvalue weighted by atomic mass is 9.82. The van der Waals surface area contributed by atoms with Crippen molar-refractivity contribution in [3.8, 4) is 11.5 Å². The van der Waals surface area contributed by atoms with Gasteiger partial charge in [0.1, 0.15) is 11.5 Å². The van der Waals surface area contributed by atoms with Crippen LogP contribution in [0.25, 0.3) is 6.08 Å². The molecule has 0 aliphatic heterocycles. The highest BCUT2D eigenvalue weighted by Crippen LogP contribution is 2.52. The molecule has 3 unspecified atom stereocenters. The highest BCUT2D eigenvalue weighted by molar-refractivity contribution is 5.89. The number of carbonyl (C=O) groups is 2. The minimum atomic E-state index is -0.369. The lowest BCUT2D eigenvalue weighted by Crippen LogP contribution is -2.34. The first-order valence-electron chi connectivity index (χ1n) is 10.9. The Balaban J connectivity index is 1.50. The lowest BCUT2D eigenvalue weighted by molar-refractivity contribution is -0.125. The Morgan fingerprint density at radius 3 is 2.31 bits per heavy atom. The van der Waals surface area contributed by atoms with Crippen molar-refractivity contribution in [2.45, 2.75) is 25.8 Å². The summed E-state index contributed by atoms with van der Waals surface area (Å²) in [6.45, 7) is 0.425. The zero-order chi connectivity index (χ0) is 22.7. The van der Waals surface area contributed by atoms with Gasteiger partial charge in [0.25, 0.3) is 0 Å². The second-order valence-electron chi connectivity index (χ2n) is 8.44. The Labute approximate surface area is 188 Å². The van der Waals surface area contributed by atoms with Crippen LogP contribution in [0.15, 0.2) is 48.0 Å². The summed E-state index contributed by atoms with van der Waals surface area (Å²) in [6, 6.07) is 12.9. The number of rotatable bonds is 7. The molecule has 2 aromatic carbocycles. The molecule has 0 spiro atoms. The van der Waals surface area contributed by atoms with Crippen LogP contribution in [0.4, 0.5) is 0 Å². The Morgan fingerprint density at radius 1 is 1.00 bits per heavy atom. The molecule has 1 amide bonds. The molecule has 2 bridgehead atoms. The number of amides is 1. The molecular formula is C26H29NO5. The fourth-order valence-corrected chi connectivity index (χ4v) is 5.00. The van der Waals surface area contributed by atoms with E-state index in [0.29, 0.717) is 23.9 Å². The molecule has 0 aromatic heterocycles. The standard InChI is InChI=1S/C26H29NO5/c1-30-21-10-17(11-22(14-21)31-2)12-23-19-8-9-20(13-19)24(23)25(28)27-15-16-4-6-18(7-5-16)26(29)32-3/h4-7,10-12,14,19-20,24H,8-9,13,15H2,1-3H3,(H,27,28)/b23-12+. The van der Waals surface area contributed by atoms with Crippen molar-refractivity contribution in [1.29, 1.82) is 0 Å². The minimum absolute atomic E-state index is 0.0651. The molecule has 0 radical (unpaired) electrons. The van der Waals surface area contributed by atoms with Crippen LogP contribution in [0.1, 0.15) is 40.7 Å². The molecule has 2 saturated carbocycles. The summed E-state index contributed by atoms with van der Waals surface area (Å²) in [5.74, 6) is 1.89. The van der Waals surface area contributed by atoms with Crippen molar-refractivity contribution in [2.24, 2.45) is 17.8 Å². The normalized spacial score (nSPS) is 22.6. The van der Waals surface area contributed by atoms with Crippen LogP contribution in [0, 0.1) is 17.8 Å². The maximum Gasteiger partial charge on any atom is 0.337 e. The third kappa shape index (κ3) is 4.49. The number of hydrogen-bond donors (Lipinski definition) is 1. The molecule has 6 nitrogen and oxygen atoms in total. The molecule has 0 heterocycles. The number of fused-ring (bicyclic) bond motifs is 2. The fourth-order valence-electron chi connectivity index (χ4n) is 5.00. The summed E-state index contributed by atoms with van der Waals surface area (Å²) in [6.07, 6.45) is 5.44. The highest BCUT2D eigenvalue weighted by Gasteiger charge is 2.46. The van der Waals surface area contributed by atoms with Gasteiger partial charge in [-0.25, -0.2) is 4.79 Å². The zero-order valence-electron chi connectivity index (χ0n) is 18.7. The molecule has 0 saturated heterocycles. The van der Waals surface area contributed by atoms with Gasteiger partial charge in [-0.05, 0) is 66.5 Å². The van der Waals surface area contributed by atoms with E-state index < -0.39 is 0 Å². The third-order valence-electron chi connectivity index (χ3n) is 6.61. The number of benzene rings is 2. The van der Waals surface area contributed by atoms with Crippen LogP contribution in [0.2, 0.25) is 0 Å². The van der Waals surface area contributed by atoms with Crippen molar-refractivity contribution in [2.75, 3.05) is 21.3 Å². The molecule has 2 fully saturated rings. The summed E-state index contributed by atoms with van der Waals surface area (Å²) in [5.41, 5.74) is 3.63. The first-order valence-corrected chi connectivity index (χ1v) is 10.9. The summed E-state index contributed by atoms with van der Waals surface area (Å²) in [7, 11) is 4.63. The first kappa shape index (κ1) is 21.9. The minimum Gasteiger partial charge on any atom is -0.497 e. The largest absolute Gasteiger partial charge is 0.497 e. The average Bonchev–Trinajstić information content (AvgIpc) is 3.44. The van der Waals surface area contributed by atoms with Crippen LogP contribution >= 0.6 is 0 Å². The van der Waals surface area contributed by atoms with Gasteiger partial charge in [0.2, 0.25) is 5.91 Å². The number of esters is 1. The molecule has 1 N–H and O–H groups in total. The number of ether oxygens (including phenoxy) is 3. The Bertz CT molecular complexity index is 1000. The maximum atomic E-state index is 13.2. The van der Waals surface area contributed by atoms with Crippen LogP contribution < -0.4 is 14.8 Å². The van der Waals surface area contributed by atoms with Gasteiger partial charge in [-0.2, -0.15) is 0 Å². The van der Waals surface area contributed by atoms with Gasteiger partial charge in [0.15, 0.2) is 0 Å².